The van der Waals surface area contributed by atoms with Crippen LogP contribution < -0.4 is 12.4 Å². The van der Waals surface area contributed by atoms with Crippen molar-refractivity contribution < 1.29 is 26.4 Å². The fourth-order valence-corrected chi connectivity index (χ4v) is 5.43. The first kappa shape index (κ1) is 37.3. The van der Waals surface area contributed by atoms with Crippen molar-refractivity contribution >= 4 is 0 Å². The highest BCUT2D eigenvalue weighted by Crippen LogP contribution is 2.14. The molecule has 0 unspecified atom stereocenters. The van der Waals surface area contributed by atoms with E-state index >= 15 is 0 Å². The molecule has 0 aliphatic heterocycles. The number of nitrogens with zero attached hydrogens (tertiary/aromatic N) is 1. The van der Waals surface area contributed by atoms with Gasteiger partial charge in [-0.3, -0.25) is 0 Å². The standard InChI is InChI=1S/C31H66NO2.ClH/c1-5-9-10-11-12-13-14-15-16-17-18-19-20-21-22-23-28-33-30-31-34-29-27-32(24-6-2,25-7-3)26-8-4;/h5-31H2,1-4H3;1H/q+1;/p-1. The Morgan fingerprint density at radius 2 is 0.686 bits per heavy atom. The van der Waals surface area contributed by atoms with Crippen LogP contribution in [-0.4, -0.2) is 57.1 Å². The maximum absolute atomic E-state index is 5.92. The van der Waals surface area contributed by atoms with E-state index in [4.69, 9.17) is 9.47 Å². The molecule has 0 aromatic rings. The number of rotatable bonds is 29. The molecule has 3 nitrogen and oxygen atoms in total. The average molecular weight is 520 g/mol. The van der Waals surface area contributed by atoms with E-state index in [1.165, 1.54) is 146 Å². The number of ether oxygens (including phenoxy) is 2. The summed E-state index contributed by atoms with van der Waals surface area (Å²) in [6.07, 6.45) is 26.5. The third kappa shape index (κ3) is 25.6. The van der Waals surface area contributed by atoms with Gasteiger partial charge >= 0.3 is 0 Å². The van der Waals surface area contributed by atoms with Gasteiger partial charge < -0.3 is 26.4 Å². The molecule has 35 heavy (non-hydrogen) atoms. The van der Waals surface area contributed by atoms with Gasteiger partial charge in [-0.15, -0.1) is 0 Å². The zero-order valence-electron chi connectivity index (χ0n) is 24.7. The monoisotopic (exact) mass is 519 g/mol. The van der Waals surface area contributed by atoms with E-state index in [0.29, 0.717) is 0 Å². The second-order valence-electron chi connectivity index (χ2n) is 10.8. The zero-order chi connectivity index (χ0) is 25.0. The Morgan fingerprint density at radius 3 is 1.06 bits per heavy atom. The molecule has 0 radical (unpaired) electrons. The molecule has 0 fully saturated rings. The number of halogens is 1. The molecule has 0 heterocycles. The number of hydrogen-bond donors (Lipinski definition) is 0. The quantitative estimate of drug-likeness (QED) is 0.0848. The predicted molar refractivity (Wildman–Crippen MR) is 152 cm³/mol. The minimum atomic E-state index is 0. The highest BCUT2D eigenvalue weighted by atomic mass is 35.5. The SMILES string of the molecule is CCCCCCCCCCCCCCCCCCOCCOCC[N+](CCC)(CCC)CCC.[Cl-]. The Labute approximate surface area is 228 Å². The van der Waals surface area contributed by atoms with Gasteiger partial charge in [0.1, 0.15) is 6.54 Å². The largest absolute Gasteiger partial charge is 1.00 e. The molecule has 0 spiro atoms. The maximum Gasteiger partial charge on any atom is 0.102 e. The van der Waals surface area contributed by atoms with Crippen LogP contribution in [0.15, 0.2) is 0 Å². The first-order valence-corrected chi connectivity index (χ1v) is 15.7. The van der Waals surface area contributed by atoms with Crippen molar-refractivity contribution in [3.8, 4) is 0 Å². The number of quaternary nitrogens is 1. The molecule has 0 aromatic heterocycles. The summed E-state index contributed by atoms with van der Waals surface area (Å²) in [5, 5.41) is 0. The lowest BCUT2D eigenvalue weighted by atomic mass is 10.0. The van der Waals surface area contributed by atoms with Gasteiger partial charge in [0, 0.05) is 6.61 Å². The second-order valence-corrected chi connectivity index (χ2v) is 10.8. The van der Waals surface area contributed by atoms with Crippen molar-refractivity contribution in [1.82, 2.24) is 0 Å². The van der Waals surface area contributed by atoms with Crippen LogP contribution in [0.3, 0.4) is 0 Å². The van der Waals surface area contributed by atoms with E-state index < -0.39 is 0 Å². The third-order valence-electron chi connectivity index (χ3n) is 7.32. The summed E-state index contributed by atoms with van der Waals surface area (Å²) in [6.45, 7) is 17.6. The molecule has 0 aromatic carbocycles. The molecule has 0 bridgehead atoms. The van der Waals surface area contributed by atoms with E-state index in [1.807, 2.05) is 0 Å². The summed E-state index contributed by atoms with van der Waals surface area (Å²) < 4.78 is 13.0. The summed E-state index contributed by atoms with van der Waals surface area (Å²) in [4.78, 5) is 0. The van der Waals surface area contributed by atoms with Crippen molar-refractivity contribution in [1.29, 1.82) is 0 Å². The van der Waals surface area contributed by atoms with Crippen molar-refractivity contribution in [3.63, 3.8) is 0 Å². The predicted octanol–water partition coefficient (Wildman–Crippen LogP) is 6.33. The van der Waals surface area contributed by atoms with Crippen LogP contribution in [0.5, 0.6) is 0 Å². The van der Waals surface area contributed by atoms with E-state index in [9.17, 15) is 0 Å². The Morgan fingerprint density at radius 1 is 0.343 bits per heavy atom. The van der Waals surface area contributed by atoms with Crippen molar-refractivity contribution in [2.45, 2.75) is 150 Å². The Bertz CT molecular complexity index is 364. The van der Waals surface area contributed by atoms with Gasteiger partial charge in [-0.2, -0.15) is 0 Å². The zero-order valence-corrected chi connectivity index (χ0v) is 25.5. The molecule has 0 rings (SSSR count). The molecule has 0 N–H and O–H groups in total. The molecule has 0 atom stereocenters. The third-order valence-corrected chi connectivity index (χ3v) is 7.32. The fraction of sp³-hybridized carbons (Fsp3) is 1.00. The summed E-state index contributed by atoms with van der Waals surface area (Å²) in [5.41, 5.74) is 0. The summed E-state index contributed by atoms with van der Waals surface area (Å²) in [5.74, 6) is 0. The molecule has 0 saturated carbocycles. The smallest absolute Gasteiger partial charge is 0.102 e. The maximum atomic E-state index is 5.92. The van der Waals surface area contributed by atoms with Crippen LogP contribution in [0.25, 0.3) is 0 Å². The van der Waals surface area contributed by atoms with Gasteiger partial charge in [0.15, 0.2) is 0 Å². The van der Waals surface area contributed by atoms with Crippen molar-refractivity contribution in [2.24, 2.45) is 0 Å². The van der Waals surface area contributed by atoms with Crippen LogP contribution in [0.2, 0.25) is 0 Å². The normalized spacial score (nSPS) is 11.7. The Balaban J connectivity index is 0. The van der Waals surface area contributed by atoms with Crippen LogP contribution in [0, 0.1) is 0 Å². The lowest BCUT2D eigenvalue weighted by Gasteiger charge is -2.38. The van der Waals surface area contributed by atoms with Gasteiger partial charge in [0.2, 0.25) is 0 Å². The Kier molecular flexibility index (Phi) is 32.4. The summed E-state index contributed by atoms with van der Waals surface area (Å²) in [7, 11) is 0. The van der Waals surface area contributed by atoms with Crippen LogP contribution in [0.1, 0.15) is 150 Å². The number of hydrogen-bond acceptors (Lipinski definition) is 2. The van der Waals surface area contributed by atoms with Gasteiger partial charge in [0.05, 0.1) is 39.5 Å². The summed E-state index contributed by atoms with van der Waals surface area (Å²) in [6, 6.07) is 0. The summed E-state index contributed by atoms with van der Waals surface area (Å²) >= 11 is 0. The van der Waals surface area contributed by atoms with Gasteiger partial charge in [-0.25, -0.2) is 0 Å². The minimum absolute atomic E-state index is 0. The van der Waals surface area contributed by atoms with E-state index in [1.54, 1.807) is 0 Å². The average Bonchev–Trinajstić information content (AvgIpc) is 2.83. The molecule has 0 aliphatic rings. The van der Waals surface area contributed by atoms with Gasteiger partial charge in [-0.1, -0.05) is 124 Å². The fourth-order valence-electron chi connectivity index (χ4n) is 5.43. The van der Waals surface area contributed by atoms with Gasteiger partial charge in [-0.05, 0) is 25.7 Å². The number of unbranched alkanes of at least 4 members (excludes halogenated alkanes) is 15. The molecule has 0 saturated heterocycles. The van der Waals surface area contributed by atoms with Crippen LogP contribution in [-0.2, 0) is 9.47 Å². The molecule has 214 valence electrons. The van der Waals surface area contributed by atoms with E-state index in [2.05, 4.69) is 27.7 Å². The van der Waals surface area contributed by atoms with Crippen molar-refractivity contribution in [2.75, 3.05) is 52.6 Å². The van der Waals surface area contributed by atoms with E-state index in [-0.39, 0.29) is 12.4 Å². The van der Waals surface area contributed by atoms with Crippen molar-refractivity contribution in [3.05, 3.63) is 0 Å². The molecule has 0 aliphatic carbocycles. The van der Waals surface area contributed by atoms with Crippen LogP contribution in [0.4, 0.5) is 0 Å². The highest BCUT2D eigenvalue weighted by Gasteiger charge is 2.24. The lowest BCUT2D eigenvalue weighted by Crippen LogP contribution is -3.00. The molecular formula is C31H66ClNO2. The Hall–Kier alpha value is 0.170. The minimum Gasteiger partial charge on any atom is -1.00 e. The highest BCUT2D eigenvalue weighted by molar-refractivity contribution is 4.50. The van der Waals surface area contributed by atoms with Crippen LogP contribution >= 0.6 is 0 Å². The first-order valence-electron chi connectivity index (χ1n) is 15.7. The molecule has 0 amide bonds. The second kappa shape index (κ2) is 30.4. The van der Waals surface area contributed by atoms with E-state index in [0.717, 1.165) is 33.0 Å². The first-order chi connectivity index (χ1) is 16.7. The van der Waals surface area contributed by atoms with Gasteiger partial charge in [0.25, 0.3) is 0 Å². The molecular weight excluding hydrogens is 454 g/mol. The topological polar surface area (TPSA) is 18.5 Å². The molecule has 4 heteroatoms. The lowest BCUT2D eigenvalue weighted by molar-refractivity contribution is -0.928.